The summed E-state index contributed by atoms with van der Waals surface area (Å²) in [6.07, 6.45) is 8.05. The first-order chi connectivity index (χ1) is 11.3. The molecular weight excluding hydrogens is 312 g/mol. The summed E-state index contributed by atoms with van der Waals surface area (Å²) in [6, 6.07) is 3.19. The second kappa shape index (κ2) is 7.16. The summed E-state index contributed by atoms with van der Waals surface area (Å²) >= 11 is 0. The first-order valence-corrected chi connectivity index (χ1v) is 8.18. The van der Waals surface area contributed by atoms with E-state index in [1.165, 1.54) is 0 Å². The Hall–Kier alpha value is -2.16. The van der Waals surface area contributed by atoms with Crippen molar-refractivity contribution < 1.29 is 13.6 Å². The number of pyridine rings is 1. The number of carbonyl (C=O) groups excluding carboxylic acids is 1. The molecule has 2 N–H and O–H groups in total. The van der Waals surface area contributed by atoms with E-state index in [0.717, 1.165) is 0 Å². The molecule has 1 atom stereocenters. The van der Waals surface area contributed by atoms with Crippen LogP contribution in [-0.4, -0.2) is 28.4 Å². The average Bonchev–Trinajstić information content (AvgIpc) is 2.57. The van der Waals surface area contributed by atoms with Gasteiger partial charge in [-0.1, -0.05) is 12.8 Å². The normalized spacial score (nSPS) is 19.8. The van der Waals surface area contributed by atoms with Gasteiger partial charge in [-0.3, -0.25) is 4.79 Å². The molecule has 1 amide bonds. The van der Waals surface area contributed by atoms with Crippen LogP contribution >= 0.6 is 0 Å². The molecule has 0 saturated heterocycles. The minimum absolute atomic E-state index is 0.115. The van der Waals surface area contributed by atoms with Crippen molar-refractivity contribution in [1.29, 1.82) is 0 Å². The molecule has 0 aliphatic heterocycles. The Morgan fingerprint density at radius 1 is 1.50 bits per heavy atom. The summed E-state index contributed by atoms with van der Waals surface area (Å²) in [5, 5.41) is 5.96. The highest BCUT2D eigenvalue weighted by Gasteiger charge is 2.35. The zero-order valence-electron chi connectivity index (χ0n) is 14.0. The zero-order chi connectivity index (χ0) is 17.8. The van der Waals surface area contributed by atoms with E-state index < -0.39 is 11.5 Å². The lowest BCUT2D eigenvalue weighted by Gasteiger charge is -2.30. The van der Waals surface area contributed by atoms with Crippen LogP contribution in [0.5, 0.6) is 0 Å². The van der Waals surface area contributed by atoms with Crippen LogP contribution in [0.1, 0.15) is 56.3 Å². The lowest BCUT2D eigenvalue weighted by molar-refractivity contribution is -0.0361. The van der Waals surface area contributed by atoms with Crippen molar-refractivity contribution in [2.45, 2.75) is 63.5 Å². The molecule has 4 nitrogen and oxygen atoms in total. The predicted octanol–water partition coefficient (Wildman–Crippen LogP) is 3.60. The SMILES string of the molecule is C#CC(C)(CC)NC(=O)c1cccnc1NC1CCC(F)(F)CC1. The van der Waals surface area contributed by atoms with Gasteiger partial charge in [0.15, 0.2) is 0 Å². The minimum Gasteiger partial charge on any atom is -0.367 e. The molecule has 0 bridgehead atoms. The number of aromatic nitrogens is 1. The molecule has 6 heteroatoms. The van der Waals surface area contributed by atoms with Gasteiger partial charge in [-0.2, -0.15) is 0 Å². The molecule has 1 aliphatic carbocycles. The first-order valence-electron chi connectivity index (χ1n) is 8.18. The van der Waals surface area contributed by atoms with Gasteiger partial charge in [0, 0.05) is 25.1 Å². The molecule has 24 heavy (non-hydrogen) atoms. The molecule has 1 aliphatic rings. The largest absolute Gasteiger partial charge is 0.367 e. The quantitative estimate of drug-likeness (QED) is 0.809. The molecule has 1 saturated carbocycles. The molecule has 2 rings (SSSR count). The Morgan fingerprint density at radius 2 is 2.17 bits per heavy atom. The summed E-state index contributed by atoms with van der Waals surface area (Å²) in [4.78, 5) is 16.7. The highest BCUT2D eigenvalue weighted by molar-refractivity contribution is 5.99. The second-order valence-electron chi connectivity index (χ2n) is 6.46. The molecule has 1 aromatic rings. The van der Waals surface area contributed by atoms with E-state index in [4.69, 9.17) is 6.42 Å². The highest BCUT2D eigenvalue weighted by atomic mass is 19.3. The number of amides is 1. The van der Waals surface area contributed by atoms with Crippen LogP contribution in [0.3, 0.4) is 0 Å². The number of terminal acetylenes is 1. The predicted molar refractivity (Wildman–Crippen MR) is 90.1 cm³/mol. The van der Waals surface area contributed by atoms with E-state index in [2.05, 4.69) is 21.5 Å². The maximum atomic E-state index is 13.3. The fourth-order valence-electron chi connectivity index (χ4n) is 2.63. The van der Waals surface area contributed by atoms with E-state index in [9.17, 15) is 13.6 Å². The fraction of sp³-hybridized carbons (Fsp3) is 0.556. The minimum atomic E-state index is -2.59. The summed E-state index contributed by atoms with van der Waals surface area (Å²) in [5.74, 6) is 0.0759. The molecule has 1 unspecified atom stereocenters. The summed E-state index contributed by atoms with van der Waals surface area (Å²) in [5.41, 5.74) is -0.373. The van der Waals surface area contributed by atoms with Crippen LogP contribution in [0.2, 0.25) is 0 Å². The van der Waals surface area contributed by atoms with E-state index in [-0.39, 0.29) is 24.8 Å². The average molecular weight is 335 g/mol. The Morgan fingerprint density at radius 3 is 2.75 bits per heavy atom. The third kappa shape index (κ3) is 4.44. The molecule has 1 heterocycles. The number of nitrogens with one attached hydrogen (secondary N) is 2. The number of halogens is 2. The Labute approximate surface area is 141 Å². The smallest absolute Gasteiger partial charge is 0.256 e. The molecule has 0 aromatic carbocycles. The van der Waals surface area contributed by atoms with E-state index in [1.807, 2.05) is 6.92 Å². The summed E-state index contributed by atoms with van der Waals surface area (Å²) < 4.78 is 26.5. The van der Waals surface area contributed by atoms with Gasteiger partial charge in [-0.15, -0.1) is 6.42 Å². The molecule has 1 fully saturated rings. The fourth-order valence-corrected chi connectivity index (χ4v) is 2.63. The van der Waals surface area contributed by atoms with Crippen LogP contribution in [0, 0.1) is 12.3 Å². The summed E-state index contributed by atoms with van der Waals surface area (Å²) in [7, 11) is 0. The Balaban J connectivity index is 2.10. The maximum Gasteiger partial charge on any atom is 0.256 e. The second-order valence-corrected chi connectivity index (χ2v) is 6.46. The number of hydrogen-bond donors (Lipinski definition) is 2. The van der Waals surface area contributed by atoms with E-state index in [0.29, 0.717) is 30.6 Å². The lowest BCUT2D eigenvalue weighted by atomic mass is 9.92. The van der Waals surface area contributed by atoms with Gasteiger partial charge < -0.3 is 10.6 Å². The molecule has 130 valence electrons. The Bertz CT molecular complexity index is 631. The third-order valence-electron chi connectivity index (χ3n) is 4.53. The van der Waals surface area contributed by atoms with Crippen LogP contribution in [-0.2, 0) is 0 Å². The Kier molecular flexibility index (Phi) is 5.43. The van der Waals surface area contributed by atoms with Crippen molar-refractivity contribution in [3.05, 3.63) is 23.9 Å². The van der Waals surface area contributed by atoms with Crippen LogP contribution < -0.4 is 10.6 Å². The van der Waals surface area contributed by atoms with Crippen molar-refractivity contribution >= 4 is 11.7 Å². The standard InChI is InChI=1S/C18H23F2N3O/c1-4-17(3,5-2)23-16(24)14-7-6-12-21-15(14)22-13-8-10-18(19,20)11-9-13/h1,6-7,12-13H,5,8-11H2,2-3H3,(H,21,22)(H,23,24). The van der Waals surface area contributed by atoms with Gasteiger partial charge in [-0.05, 0) is 38.3 Å². The number of anilines is 1. The van der Waals surface area contributed by atoms with Crippen molar-refractivity contribution in [3.8, 4) is 12.3 Å². The van der Waals surface area contributed by atoms with Crippen molar-refractivity contribution in [1.82, 2.24) is 10.3 Å². The van der Waals surface area contributed by atoms with Gasteiger partial charge >= 0.3 is 0 Å². The zero-order valence-corrected chi connectivity index (χ0v) is 14.0. The van der Waals surface area contributed by atoms with Gasteiger partial charge in [0.1, 0.15) is 5.82 Å². The van der Waals surface area contributed by atoms with Crippen LogP contribution in [0.4, 0.5) is 14.6 Å². The van der Waals surface area contributed by atoms with Crippen molar-refractivity contribution in [2.24, 2.45) is 0 Å². The molecule has 1 aromatic heterocycles. The highest BCUT2D eigenvalue weighted by Crippen LogP contribution is 2.34. The maximum absolute atomic E-state index is 13.3. The van der Waals surface area contributed by atoms with Crippen LogP contribution in [0.15, 0.2) is 18.3 Å². The number of hydrogen-bond acceptors (Lipinski definition) is 3. The van der Waals surface area contributed by atoms with Crippen molar-refractivity contribution in [2.75, 3.05) is 5.32 Å². The van der Waals surface area contributed by atoms with E-state index in [1.54, 1.807) is 25.3 Å². The number of carbonyl (C=O) groups is 1. The number of rotatable bonds is 5. The number of alkyl halides is 2. The van der Waals surface area contributed by atoms with Gasteiger partial charge in [0.25, 0.3) is 5.91 Å². The van der Waals surface area contributed by atoms with Gasteiger partial charge in [0.05, 0.1) is 11.1 Å². The topological polar surface area (TPSA) is 54.0 Å². The molecule has 0 radical (unpaired) electrons. The molecule has 0 spiro atoms. The van der Waals surface area contributed by atoms with Crippen molar-refractivity contribution in [3.63, 3.8) is 0 Å². The van der Waals surface area contributed by atoms with Gasteiger partial charge in [0.2, 0.25) is 5.92 Å². The first kappa shape index (κ1) is 18.2. The van der Waals surface area contributed by atoms with Crippen LogP contribution in [0.25, 0.3) is 0 Å². The monoisotopic (exact) mass is 335 g/mol. The number of nitrogens with zero attached hydrogens (tertiary/aromatic N) is 1. The van der Waals surface area contributed by atoms with Gasteiger partial charge in [-0.25, -0.2) is 13.8 Å². The molecular formula is C18H23F2N3O. The third-order valence-corrected chi connectivity index (χ3v) is 4.53. The summed E-state index contributed by atoms with van der Waals surface area (Å²) in [6.45, 7) is 3.67. The lowest BCUT2D eigenvalue weighted by Crippen LogP contribution is -2.44. The van der Waals surface area contributed by atoms with E-state index >= 15 is 0 Å².